The summed E-state index contributed by atoms with van der Waals surface area (Å²) in [7, 11) is 2.47. The first kappa shape index (κ1) is 27.9. The number of hydrogen-bond acceptors (Lipinski definition) is 10. The Hall–Kier alpha value is -3.64. The molecule has 0 aliphatic rings. The van der Waals surface area contributed by atoms with Gasteiger partial charge in [-0.25, -0.2) is 9.59 Å². The van der Waals surface area contributed by atoms with Gasteiger partial charge in [0.1, 0.15) is 22.2 Å². The molecule has 0 atom stereocenters. The number of carbonyl (C=O) groups is 3. The van der Waals surface area contributed by atoms with E-state index in [1.807, 2.05) is 36.6 Å². The van der Waals surface area contributed by atoms with Gasteiger partial charge in [-0.15, -0.1) is 28.1 Å². The fourth-order valence-corrected chi connectivity index (χ4v) is 5.37. The highest BCUT2D eigenvalue weighted by Gasteiger charge is 2.27. The SMILES string of the molecule is C=CCn1c(COc2ccc(C)cc2C)nnc1SCC(=O)Nc1sc(C(=O)OC)c(C)c1C(=O)OC. The lowest BCUT2D eigenvalue weighted by molar-refractivity contribution is -0.113. The zero-order valence-corrected chi connectivity index (χ0v) is 22.9. The molecule has 0 unspecified atom stereocenters. The van der Waals surface area contributed by atoms with Crippen molar-refractivity contribution < 1.29 is 28.6 Å². The summed E-state index contributed by atoms with van der Waals surface area (Å²) in [5, 5.41) is 11.9. The van der Waals surface area contributed by atoms with Crippen molar-refractivity contribution in [1.82, 2.24) is 14.8 Å². The molecule has 1 N–H and O–H groups in total. The fourth-order valence-electron chi connectivity index (χ4n) is 3.48. The molecule has 2 aromatic heterocycles. The number of carbonyl (C=O) groups excluding carboxylic acids is 3. The van der Waals surface area contributed by atoms with Crippen molar-refractivity contribution in [2.24, 2.45) is 0 Å². The van der Waals surface area contributed by atoms with Crippen molar-refractivity contribution in [3.8, 4) is 5.75 Å². The predicted molar refractivity (Wildman–Crippen MR) is 142 cm³/mol. The Balaban J connectivity index is 1.72. The zero-order chi connectivity index (χ0) is 27.1. The normalized spacial score (nSPS) is 10.6. The van der Waals surface area contributed by atoms with E-state index in [0.717, 1.165) is 28.2 Å². The third kappa shape index (κ3) is 6.57. The number of thiophene rings is 1. The van der Waals surface area contributed by atoms with Crippen LogP contribution in [0.2, 0.25) is 0 Å². The van der Waals surface area contributed by atoms with Gasteiger partial charge in [-0.05, 0) is 38.0 Å². The van der Waals surface area contributed by atoms with Gasteiger partial charge in [0.05, 0.1) is 25.5 Å². The van der Waals surface area contributed by atoms with Crippen LogP contribution in [-0.2, 0) is 27.4 Å². The summed E-state index contributed by atoms with van der Waals surface area (Å²) < 4.78 is 17.4. The van der Waals surface area contributed by atoms with Crippen molar-refractivity contribution >= 4 is 45.9 Å². The number of esters is 2. The molecule has 0 saturated carbocycles. The number of anilines is 1. The number of rotatable bonds is 11. The first-order valence-electron chi connectivity index (χ1n) is 11.2. The Kier molecular flexibility index (Phi) is 9.48. The standard InChI is InChI=1S/C25H28N4O6S2/c1-7-10-29-18(12-35-17-9-8-14(2)11-15(17)3)27-28-25(29)36-13-19(30)26-22-20(23(31)33-5)16(4)21(37-22)24(32)34-6/h7-9,11H,1,10,12-13H2,2-6H3,(H,26,30). The molecule has 0 bridgehead atoms. The van der Waals surface area contributed by atoms with Crippen LogP contribution < -0.4 is 10.1 Å². The molecule has 196 valence electrons. The van der Waals surface area contributed by atoms with E-state index in [1.54, 1.807) is 13.0 Å². The Morgan fingerprint density at radius 2 is 1.86 bits per heavy atom. The minimum Gasteiger partial charge on any atom is -0.485 e. The van der Waals surface area contributed by atoms with E-state index in [-0.39, 0.29) is 27.8 Å². The van der Waals surface area contributed by atoms with Crippen LogP contribution in [0.25, 0.3) is 0 Å². The molecule has 0 aliphatic heterocycles. The maximum atomic E-state index is 12.8. The Labute approximate surface area is 223 Å². The van der Waals surface area contributed by atoms with E-state index < -0.39 is 17.8 Å². The first-order chi connectivity index (χ1) is 17.7. The molecule has 1 aromatic carbocycles. The number of thioether (sulfide) groups is 1. The van der Waals surface area contributed by atoms with Gasteiger partial charge in [0.25, 0.3) is 0 Å². The lowest BCUT2D eigenvalue weighted by Gasteiger charge is -2.11. The number of allylic oxidation sites excluding steroid dienone is 1. The van der Waals surface area contributed by atoms with Crippen LogP contribution >= 0.6 is 23.1 Å². The summed E-state index contributed by atoms with van der Waals surface area (Å²) in [4.78, 5) is 37.3. The minimum atomic E-state index is -0.661. The van der Waals surface area contributed by atoms with E-state index in [0.29, 0.717) is 23.1 Å². The molecule has 10 nitrogen and oxygen atoms in total. The van der Waals surface area contributed by atoms with Gasteiger partial charge in [-0.1, -0.05) is 35.5 Å². The van der Waals surface area contributed by atoms with Crippen LogP contribution in [-0.4, -0.2) is 52.6 Å². The summed E-state index contributed by atoms with van der Waals surface area (Å²) in [5.41, 5.74) is 2.67. The van der Waals surface area contributed by atoms with Crippen LogP contribution in [0.5, 0.6) is 5.75 Å². The summed E-state index contributed by atoms with van der Waals surface area (Å²) >= 11 is 2.13. The van der Waals surface area contributed by atoms with Gasteiger partial charge in [-0.3, -0.25) is 9.36 Å². The highest BCUT2D eigenvalue weighted by atomic mass is 32.2. The minimum absolute atomic E-state index is 0.0156. The fraction of sp³-hybridized carbons (Fsp3) is 0.320. The molecule has 0 radical (unpaired) electrons. The second-order valence-corrected chi connectivity index (χ2v) is 9.90. The van der Waals surface area contributed by atoms with E-state index in [1.165, 1.54) is 26.0 Å². The Bertz CT molecular complexity index is 1330. The van der Waals surface area contributed by atoms with Crippen molar-refractivity contribution in [1.29, 1.82) is 0 Å². The van der Waals surface area contributed by atoms with E-state index >= 15 is 0 Å². The molecule has 0 aliphatic carbocycles. The second-order valence-electron chi connectivity index (χ2n) is 7.94. The van der Waals surface area contributed by atoms with Crippen LogP contribution in [0.3, 0.4) is 0 Å². The predicted octanol–water partition coefficient (Wildman–Crippen LogP) is 4.33. The van der Waals surface area contributed by atoms with Gasteiger partial charge in [0.15, 0.2) is 11.0 Å². The Morgan fingerprint density at radius 1 is 1.14 bits per heavy atom. The van der Waals surface area contributed by atoms with Gasteiger partial charge >= 0.3 is 11.9 Å². The number of ether oxygens (including phenoxy) is 3. The monoisotopic (exact) mass is 544 g/mol. The number of hydrogen-bond donors (Lipinski definition) is 1. The average Bonchev–Trinajstić information content (AvgIpc) is 3.41. The molecule has 3 aromatic rings. The quantitative estimate of drug-likeness (QED) is 0.213. The molecule has 0 spiro atoms. The molecular formula is C25H28N4O6S2. The second kappa shape index (κ2) is 12.5. The number of methoxy groups -OCH3 is 2. The van der Waals surface area contributed by atoms with Gasteiger partial charge in [-0.2, -0.15) is 0 Å². The van der Waals surface area contributed by atoms with E-state index in [4.69, 9.17) is 14.2 Å². The number of aromatic nitrogens is 3. The summed E-state index contributed by atoms with van der Waals surface area (Å²) in [6.45, 7) is 10.0. The molecule has 3 rings (SSSR count). The molecule has 2 heterocycles. The van der Waals surface area contributed by atoms with E-state index in [9.17, 15) is 14.4 Å². The summed E-state index contributed by atoms with van der Waals surface area (Å²) in [6, 6.07) is 5.93. The van der Waals surface area contributed by atoms with Crippen LogP contribution in [0.15, 0.2) is 36.0 Å². The zero-order valence-electron chi connectivity index (χ0n) is 21.2. The maximum Gasteiger partial charge on any atom is 0.348 e. The summed E-state index contributed by atoms with van der Waals surface area (Å²) in [6.07, 6.45) is 1.71. The first-order valence-corrected chi connectivity index (χ1v) is 13.0. The lowest BCUT2D eigenvalue weighted by atomic mass is 10.1. The molecule has 12 heteroatoms. The van der Waals surface area contributed by atoms with Crippen molar-refractivity contribution in [2.75, 3.05) is 25.3 Å². The van der Waals surface area contributed by atoms with Crippen LogP contribution in [0, 0.1) is 20.8 Å². The van der Waals surface area contributed by atoms with Gasteiger partial charge < -0.3 is 19.5 Å². The molecule has 0 saturated heterocycles. The van der Waals surface area contributed by atoms with Crippen molar-refractivity contribution in [2.45, 2.75) is 39.1 Å². The van der Waals surface area contributed by atoms with E-state index in [2.05, 4.69) is 22.1 Å². The highest BCUT2D eigenvalue weighted by Crippen LogP contribution is 2.34. The number of benzene rings is 1. The van der Waals surface area contributed by atoms with Crippen LogP contribution in [0.1, 0.15) is 42.5 Å². The third-order valence-electron chi connectivity index (χ3n) is 5.28. The molecular weight excluding hydrogens is 516 g/mol. The van der Waals surface area contributed by atoms with Gasteiger partial charge in [0.2, 0.25) is 5.91 Å². The lowest BCUT2D eigenvalue weighted by Crippen LogP contribution is -2.16. The topological polar surface area (TPSA) is 122 Å². The number of nitrogens with one attached hydrogen (secondary N) is 1. The smallest absolute Gasteiger partial charge is 0.348 e. The van der Waals surface area contributed by atoms with Crippen LogP contribution in [0.4, 0.5) is 5.00 Å². The molecule has 37 heavy (non-hydrogen) atoms. The number of aryl methyl sites for hydroxylation is 2. The Morgan fingerprint density at radius 3 is 2.51 bits per heavy atom. The highest BCUT2D eigenvalue weighted by molar-refractivity contribution is 7.99. The average molecular weight is 545 g/mol. The third-order valence-corrected chi connectivity index (χ3v) is 7.44. The number of amides is 1. The largest absolute Gasteiger partial charge is 0.485 e. The summed E-state index contributed by atoms with van der Waals surface area (Å²) in [5.74, 6) is -0.326. The number of nitrogens with zero attached hydrogens (tertiary/aromatic N) is 3. The molecule has 1 amide bonds. The van der Waals surface area contributed by atoms with Crippen molar-refractivity contribution in [3.63, 3.8) is 0 Å². The molecule has 0 fully saturated rings. The van der Waals surface area contributed by atoms with Crippen molar-refractivity contribution in [3.05, 3.63) is 63.8 Å². The van der Waals surface area contributed by atoms with Gasteiger partial charge in [0, 0.05) is 6.54 Å². The maximum absolute atomic E-state index is 12.8.